The monoisotopic (exact) mass is 267 g/mol. The molecule has 0 aliphatic heterocycles. The van der Waals surface area contributed by atoms with Crippen molar-refractivity contribution in [2.24, 2.45) is 5.41 Å². The average Bonchev–Trinajstić information content (AvgIpc) is 2.27. The number of hydrogen-bond acceptors (Lipinski definition) is 3. The Kier molecular flexibility index (Phi) is 4.64. The molecule has 0 saturated carbocycles. The average molecular weight is 267 g/mol. The highest BCUT2D eigenvalue weighted by atomic mass is 19.1. The van der Waals surface area contributed by atoms with E-state index >= 15 is 0 Å². The minimum Gasteiger partial charge on any atom is -0.462 e. The van der Waals surface area contributed by atoms with Crippen LogP contribution in [0.25, 0.3) is 0 Å². The van der Waals surface area contributed by atoms with E-state index in [4.69, 9.17) is 4.74 Å². The fraction of sp³-hybridized carbons (Fsp3) is 0.429. The molecule has 0 aliphatic carbocycles. The van der Waals surface area contributed by atoms with E-state index in [9.17, 15) is 14.0 Å². The summed E-state index contributed by atoms with van der Waals surface area (Å²) in [6.45, 7) is 7.34. The van der Waals surface area contributed by atoms with Crippen LogP contribution in [0.4, 0.5) is 10.1 Å². The maximum Gasteiger partial charge on any atom is 0.338 e. The minimum atomic E-state index is -0.595. The zero-order chi connectivity index (χ0) is 14.6. The topological polar surface area (TPSA) is 55.4 Å². The van der Waals surface area contributed by atoms with Crippen molar-refractivity contribution in [3.63, 3.8) is 0 Å². The second-order valence-electron chi connectivity index (χ2n) is 5.51. The van der Waals surface area contributed by atoms with Crippen LogP contribution in [0.5, 0.6) is 0 Å². The summed E-state index contributed by atoms with van der Waals surface area (Å²) in [5.41, 5.74) is 0.0305. The van der Waals surface area contributed by atoms with E-state index in [0.717, 1.165) is 6.07 Å². The number of anilines is 1. The number of amides is 1. The zero-order valence-electron chi connectivity index (χ0n) is 11.5. The van der Waals surface area contributed by atoms with Gasteiger partial charge in [0.25, 0.3) is 0 Å². The van der Waals surface area contributed by atoms with Crippen LogP contribution < -0.4 is 5.32 Å². The highest BCUT2D eigenvalue weighted by molar-refractivity contribution is 5.93. The lowest BCUT2D eigenvalue weighted by Crippen LogP contribution is -2.18. The lowest BCUT2D eigenvalue weighted by molar-refractivity contribution is -0.114. The van der Waals surface area contributed by atoms with Gasteiger partial charge in [-0.15, -0.1) is 0 Å². The molecular formula is C14H18FNO3. The van der Waals surface area contributed by atoms with Gasteiger partial charge in [0.1, 0.15) is 5.82 Å². The van der Waals surface area contributed by atoms with Crippen LogP contribution in [0, 0.1) is 11.2 Å². The highest BCUT2D eigenvalue weighted by Gasteiger charge is 2.16. The Labute approximate surface area is 112 Å². The number of rotatable bonds is 3. The Hall–Kier alpha value is -1.91. The summed E-state index contributed by atoms with van der Waals surface area (Å²) in [6.07, 6.45) is 0. The third-order valence-electron chi connectivity index (χ3n) is 2.15. The normalized spacial score (nSPS) is 11.0. The third-order valence-corrected chi connectivity index (χ3v) is 2.15. The maximum atomic E-state index is 13.4. The Bertz CT molecular complexity index is 492. The van der Waals surface area contributed by atoms with Gasteiger partial charge in [-0.3, -0.25) is 4.79 Å². The number of nitrogens with one attached hydrogen (secondary N) is 1. The van der Waals surface area contributed by atoms with Crippen LogP contribution in [0.3, 0.4) is 0 Å². The van der Waals surface area contributed by atoms with E-state index in [-0.39, 0.29) is 23.3 Å². The van der Waals surface area contributed by atoms with Gasteiger partial charge in [0.05, 0.1) is 17.9 Å². The molecule has 1 N–H and O–H groups in total. The molecule has 1 aromatic carbocycles. The lowest BCUT2D eigenvalue weighted by atomic mass is 9.99. The predicted octanol–water partition coefficient (Wildman–Crippen LogP) is 2.99. The van der Waals surface area contributed by atoms with Crippen molar-refractivity contribution < 1.29 is 18.7 Å². The number of carbonyl (C=O) groups is 2. The second-order valence-corrected chi connectivity index (χ2v) is 5.51. The molecule has 104 valence electrons. The van der Waals surface area contributed by atoms with Gasteiger partial charge in [-0.25, -0.2) is 9.18 Å². The van der Waals surface area contributed by atoms with Crippen LogP contribution in [-0.2, 0) is 9.53 Å². The van der Waals surface area contributed by atoms with E-state index < -0.39 is 17.7 Å². The van der Waals surface area contributed by atoms with Crippen molar-refractivity contribution in [3.05, 3.63) is 29.6 Å². The summed E-state index contributed by atoms with van der Waals surface area (Å²) in [5, 5.41) is 2.32. The van der Waals surface area contributed by atoms with Crippen molar-refractivity contribution in [1.29, 1.82) is 0 Å². The van der Waals surface area contributed by atoms with Crippen molar-refractivity contribution in [3.8, 4) is 0 Å². The molecule has 0 radical (unpaired) electrons. The molecule has 0 heterocycles. The van der Waals surface area contributed by atoms with E-state index in [1.54, 1.807) is 0 Å². The molecule has 0 aliphatic rings. The Morgan fingerprint density at radius 2 is 1.95 bits per heavy atom. The summed E-state index contributed by atoms with van der Waals surface area (Å²) in [5.74, 6) is -1.54. The predicted molar refractivity (Wildman–Crippen MR) is 70.4 cm³/mol. The molecule has 1 amide bonds. The molecule has 0 spiro atoms. The molecule has 0 unspecified atom stereocenters. The largest absolute Gasteiger partial charge is 0.462 e. The van der Waals surface area contributed by atoms with E-state index in [1.807, 2.05) is 20.8 Å². The standard InChI is InChI=1S/C14H18FNO3/c1-9(17)16-12-7-10(5-6-11(12)15)13(18)19-8-14(2,3)4/h5-7H,8H2,1-4H3,(H,16,17). The van der Waals surface area contributed by atoms with Crippen LogP contribution in [0.15, 0.2) is 18.2 Å². The van der Waals surface area contributed by atoms with Gasteiger partial charge in [-0.1, -0.05) is 20.8 Å². The summed E-state index contributed by atoms with van der Waals surface area (Å²) in [4.78, 5) is 22.7. The van der Waals surface area contributed by atoms with Crippen molar-refractivity contribution in [2.45, 2.75) is 27.7 Å². The SMILES string of the molecule is CC(=O)Nc1cc(C(=O)OCC(C)(C)C)ccc1F. The fourth-order valence-electron chi connectivity index (χ4n) is 1.30. The number of halogens is 1. The van der Waals surface area contributed by atoms with E-state index in [0.29, 0.717) is 0 Å². The molecule has 5 heteroatoms. The number of ether oxygens (including phenoxy) is 1. The molecule has 0 bridgehead atoms. The van der Waals surface area contributed by atoms with E-state index in [2.05, 4.69) is 5.32 Å². The molecule has 0 fully saturated rings. The fourth-order valence-corrected chi connectivity index (χ4v) is 1.30. The summed E-state index contributed by atoms with van der Waals surface area (Å²) < 4.78 is 18.5. The highest BCUT2D eigenvalue weighted by Crippen LogP contribution is 2.18. The number of benzene rings is 1. The first-order valence-corrected chi connectivity index (χ1v) is 5.93. The Balaban J connectivity index is 2.83. The van der Waals surface area contributed by atoms with Crippen molar-refractivity contribution in [1.82, 2.24) is 0 Å². The Morgan fingerprint density at radius 1 is 1.32 bits per heavy atom. The van der Waals surface area contributed by atoms with E-state index in [1.165, 1.54) is 19.1 Å². The smallest absolute Gasteiger partial charge is 0.338 e. The number of carbonyl (C=O) groups excluding carboxylic acids is 2. The van der Waals surface area contributed by atoms with Crippen LogP contribution >= 0.6 is 0 Å². The molecule has 0 saturated heterocycles. The molecule has 0 aromatic heterocycles. The van der Waals surface area contributed by atoms with Gasteiger partial charge in [0, 0.05) is 6.92 Å². The lowest BCUT2D eigenvalue weighted by Gasteiger charge is -2.18. The van der Waals surface area contributed by atoms with Gasteiger partial charge in [-0.2, -0.15) is 0 Å². The van der Waals surface area contributed by atoms with Crippen LogP contribution in [-0.4, -0.2) is 18.5 Å². The number of esters is 1. The summed E-state index contributed by atoms with van der Waals surface area (Å²) >= 11 is 0. The second kappa shape index (κ2) is 5.82. The molecule has 19 heavy (non-hydrogen) atoms. The van der Waals surface area contributed by atoms with Gasteiger partial charge in [0.2, 0.25) is 5.91 Å². The first kappa shape index (κ1) is 15.1. The molecule has 1 aromatic rings. The van der Waals surface area contributed by atoms with Gasteiger partial charge in [-0.05, 0) is 23.6 Å². The number of hydrogen-bond donors (Lipinski definition) is 1. The summed E-state index contributed by atoms with van der Waals surface area (Å²) in [7, 11) is 0. The minimum absolute atomic E-state index is 0.0299. The summed E-state index contributed by atoms with van der Waals surface area (Å²) in [6, 6.07) is 3.71. The van der Waals surface area contributed by atoms with Gasteiger partial charge >= 0.3 is 5.97 Å². The molecular weight excluding hydrogens is 249 g/mol. The molecule has 4 nitrogen and oxygen atoms in total. The maximum absolute atomic E-state index is 13.4. The van der Waals surface area contributed by atoms with Crippen LogP contribution in [0.2, 0.25) is 0 Å². The van der Waals surface area contributed by atoms with Crippen LogP contribution in [0.1, 0.15) is 38.1 Å². The third kappa shape index (κ3) is 5.07. The first-order valence-electron chi connectivity index (χ1n) is 5.93. The Morgan fingerprint density at radius 3 is 2.47 bits per heavy atom. The van der Waals surface area contributed by atoms with Crippen molar-refractivity contribution in [2.75, 3.05) is 11.9 Å². The van der Waals surface area contributed by atoms with Gasteiger partial charge in [0.15, 0.2) is 0 Å². The van der Waals surface area contributed by atoms with Crippen molar-refractivity contribution >= 4 is 17.6 Å². The van der Waals surface area contributed by atoms with Gasteiger partial charge < -0.3 is 10.1 Å². The molecule has 1 rings (SSSR count). The quantitative estimate of drug-likeness (QED) is 0.856. The molecule has 0 atom stereocenters. The zero-order valence-corrected chi connectivity index (χ0v) is 11.5. The first-order chi connectivity index (χ1) is 8.69.